The van der Waals surface area contributed by atoms with Crippen molar-refractivity contribution in [3.8, 4) is 5.75 Å². The summed E-state index contributed by atoms with van der Waals surface area (Å²) < 4.78 is 5.57. The zero-order valence-corrected chi connectivity index (χ0v) is 14.7. The van der Waals surface area contributed by atoms with E-state index in [2.05, 4.69) is 20.6 Å². The smallest absolute Gasteiger partial charge is 0.251 e. The maximum Gasteiger partial charge on any atom is 0.251 e. The molecule has 1 heterocycles. The molecular formula is C19H21N5O2. The average molecular weight is 351 g/mol. The zero-order chi connectivity index (χ0) is 18.5. The minimum absolute atomic E-state index is 0.207. The Morgan fingerprint density at radius 2 is 2.08 bits per heavy atom. The third-order valence-electron chi connectivity index (χ3n) is 3.77. The molecule has 0 spiro atoms. The predicted molar refractivity (Wildman–Crippen MR) is 102 cm³/mol. The van der Waals surface area contributed by atoms with Crippen LogP contribution in [0.25, 0.3) is 10.9 Å². The molecule has 7 heteroatoms. The molecule has 0 aliphatic heterocycles. The van der Waals surface area contributed by atoms with Crippen molar-refractivity contribution in [1.82, 2.24) is 15.3 Å². The van der Waals surface area contributed by atoms with Gasteiger partial charge in [0.25, 0.3) is 5.91 Å². The van der Waals surface area contributed by atoms with Crippen LogP contribution in [-0.2, 0) is 0 Å². The molecule has 0 radical (unpaired) electrons. The lowest BCUT2D eigenvalue weighted by molar-refractivity contribution is 0.0962. The second-order valence-electron chi connectivity index (χ2n) is 5.84. The first-order valence-corrected chi connectivity index (χ1v) is 8.29. The zero-order valence-electron chi connectivity index (χ0n) is 14.7. The van der Waals surface area contributed by atoms with Gasteiger partial charge in [0, 0.05) is 42.5 Å². The number of nitrogens with zero attached hydrogens (tertiary/aromatic N) is 2. The van der Waals surface area contributed by atoms with Crippen LogP contribution in [0.5, 0.6) is 5.75 Å². The maximum atomic E-state index is 12.0. The van der Waals surface area contributed by atoms with Crippen molar-refractivity contribution in [3.05, 3.63) is 53.7 Å². The lowest BCUT2D eigenvalue weighted by atomic mass is 10.1. The van der Waals surface area contributed by atoms with Gasteiger partial charge in [0.1, 0.15) is 12.4 Å². The second kappa shape index (κ2) is 7.79. The summed E-state index contributed by atoms with van der Waals surface area (Å²) in [5, 5.41) is 6.71. The fraction of sp³-hybridized carbons (Fsp3) is 0.211. The number of carbonyl (C=O) groups excluding carboxylic acids is 1. The molecule has 0 saturated heterocycles. The van der Waals surface area contributed by atoms with Gasteiger partial charge in [0.2, 0.25) is 5.95 Å². The van der Waals surface area contributed by atoms with Gasteiger partial charge in [-0.2, -0.15) is 0 Å². The standard InChI is InChI=1S/C19H21N5O2/c1-12-3-4-17-14(7-12)11-22-19(24-17)23-15-8-13(18(25)21-2)9-16(10-15)26-6-5-20/h3-4,7-11H,5-6,20H2,1-2H3,(H,21,25)(H,22,23,24). The van der Waals surface area contributed by atoms with Crippen LogP contribution in [0.1, 0.15) is 15.9 Å². The number of nitrogens with one attached hydrogen (secondary N) is 2. The van der Waals surface area contributed by atoms with E-state index in [9.17, 15) is 4.79 Å². The minimum atomic E-state index is -0.207. The summed E-state index contributed by atoms with van der Waals surface area (Å²) in [5.74, 6) is 0.789. The molecule has 3 aromatic rings. The van der Waals surface area contributed by atoms with Crippen LogP contribution in [0.3, 0.4) is 0 Å². The Hall–Kier alpha value is -3.19. The number of aryl methyl sites for hydroxylation is 1. The van der Waals surface area contributed by atoms with Crippen LogP contribution in [0.4, 0.5) is 11.6 Å². The molecule has 0 aliphatic carbocycles. The molecule has 26 heavy (non-hydrogen) atoms. The molecule has 2 aromatic carbocycles. The van der Waals surface area contributed by atoms with Crippen molar-refractivity contribution in [1.29, 1.82) is 0 Å². The molecule has 1 aromatic heterocycles. The molecule has 0 aliphatic rings. The van der Waals surface area contributed by atoms with Gasteiger partial charge < -0.3 is 21.1 Å². The normalized spacial score (nSPS) is 10.6. The Kier molecular flexibility index (Phi) is 5.28. The fourth-order valence-electron chi connectivity index (χ4n) is 2.55. The third kappa shape index (κ3) is 4.07. The summed E-state index contributed by atoms with van der Waals surface area (Å²) >= 11 is 0. The van der Waals surface area contributed by atoms with Gasteiger partial charge in [-0.15, -0.1) is 0 Å². The molecule has 0 unspecified atom stereocenters. The SMILES string of the molecule is CNC(=O)c1cc(Nc2ncc3cc(C)ccc3n2)cc(OCCN)c1. The van der Waals surface area contributed by atoms with E-state index in [-0.39, 0.29) is 5.91 Å². The summed E-state index contributed by atoms with van der Waals surface area (Å²) in [5.41, 5.74) is 8.61. The van der Waals surface area contributed by atoms with Gasteiger partial charge >= 0.3 is 0 Å². The van der Waals surface area contributed by atoms with Crippen molar-refractivity contribution >= 4 is 28.4 Å². The topological polar surface area (TPSA) is 102 Å². The van der Waals surface area contributed by atoms with Crippen molar-refractivity contribution in [2.24, 2.45) is 5.73 Å². The fourth-order valence-corrected chi connectivity index (χ4v) is 2.55. The van der Waals surface area contributed by atoms with Crippen molar-refractivity contribution in [3.63, 3.8) is 0 Å². The highest BCUT2D eigenvalue weighted by Crippen LogP contribution is 2.24. The van der Waals surface area contributed by atoms with Crippen molar-refractivity contribution < 1.29 is 9.53 Å². The number of hydrogen-bond donors (Lipinski definition) is 3. The molecule has 0 atom stereocenters. The second-order valence-corrected chi connectivity index (χ2v) is 5.84. The summed E-state index contributed by atoms with van der Waals surface area (Å²) in [6, 6.07) is 11.2. The lowest BCUT2D eigenvalue weighted by Gasteiger charge is -2.11. The Balaban J connectivity index is 1.92. The van der Waals surface area contributed by atoms with E-state index in [0.717, 1.165) is 16.5 Å². The molecule has 1 amide bonds. The van der Waals surface area contributed by atoms with E-state index in [1.54, 1.807) is 31.4 Å². The van der Waals surface area contributed by atoms with E-state index in [4.69, 9.17) is 10.5 Å². The van der Waals surface area contributed by atoms with E-state index in [1.165, 1.54) is 0 Å². The maximum absolute atomic E-state index is 12.0. The number of benzene rings is 2. The van der Waals surface area contributed by atoms with Crippen LogP contribution in [-0.4, -0.2) is 36.1 Å². The molecule has 0 bridgehead atoms. The van der Waals surface area contributed by atoms with Gasteiger partial charge in [-0.25, -0.2) is 9.97 Å². The summed E-state index contributed by atoms with van der Waals surface area (Å²) in [7, 11) is 1.58. The number of hydrogen-bond acceptors (Lipinski definition) is 6. The molecule has 4 N–H and O–H groups in total. The third-order valence-corrected chi connectivity index (χ3v) is 3.77. The predicted octanol–water partition coefficient (Wildman–Crippen LogP) is 2.38. The quantitative estimate of drug-likeness (QED) is 0.630. The first-order chi connectivity index (χ1) is 12.6. The number of fused-ring (bicyclic) bond motifs is 1. The number of amides is 1. The Morgan fingerprint density at radius 1 is 1.23 bits per heavy atom. The Labute approximate surface area is 151 Å². The Bertz CT molecular complexity index is 942. The minimum Gasteiger partial charge on any atom is -0.492 e. The number of ether oxygens (including phenoxy) is 1. The highest BCUT2D eigenvalue weighted by Gasteiger charge is 2.10. The number of rotatable bonds is 6. The first kappa shape index (κ1) is 17.6. The van der Waals surface area contributed by atoms with Crippen molar-refractivity contribution in [2.45, 2.75) is 6.92 Å². The first-order valence-electron chi connectivity index (χ1n) is 8.29. The Morgan fingerprint density at radius 3 is 2.85 bits per heavy atom. The number of anilines is 2. The number of carbonyl (C=O) groups is 1. The number of nitrogens with two attached hydrogens (primary N) is 1. The summed E-state index contributed by atoms with van der Waals surface area (Å²) in [6.07, 6.45) is 1.77. The highest BCUT2D eigenvalue weighted by molar-refractivity contribution is 5.95. The van der Waals surface area contributed by atoms with Gasteiger partial charge in [0.15, 0.2) is 0 Å². The molecule has 0 fully saturated rings. The van der Waals surface area contributed by atoms with E-state index >= 15 is 0 Å². The molecule has 3 rings (SSSR count). The van der Waals surface area contributed by atoms with Crippen LogP contribution < -0.4 is 21.1 Å². The monoisotopic (exact) mass is 351 g/mol. The van der Waals surface area contributed by atoms with Crippen LogP contribution >= 0.6 is 0 Å². The van der Waals surface area contributed by atoms with Crippen LogP contribution in [0.15, 0.2) is 42.6 Å². The molecule has 7 nitrogen and oxygen atoms in total. The highest BCUT2D eigenvalue weighted by atomic mass is 16.5. The van der Waals surface area contributed by atoms with Crippen molar-refractivity contribution in [2.75, 3.05) is 25.5 Å². The van der Waals surface area contributed by atoms with Gasteiger partial charge in [0.05, 0.1) is 5.52 Å². The van der Waals surface area contributed by atoms with Gasteiger partial charge in [-0.3, -0.25) is 4.79 Å². The number of aromatic nitrogens is 2. The molecular weight excluding hydrogens is 330 g/mol. The van der Waals surface area contributed by atoms with E-state index in [0.29, 0.717) is 36.1 Å². The van der Waals surface area contributed by atoms with Gasteiger partial charge in [-0.05, 0) is 31.2 Å². The summed E-state index contributed by atoms with van der Waals surface area (Å²) in [6.45, 7) is 2.78. The molecule has 0 saturated carbocycles. The summed E-state index contributed by atoms with van der Waals surface area (Å²) in [4.78, 5) is 20.9. The van der Waals surface area contributed by atoms with Gasteiger partial charge in [-0.1, -0.05) is 11.6 Å². The molecule has 134 valence electrons. The largest absolute Gasteiger partial charge is 0.492 e. The van der Waals surface area contributed by atoms with Crippen LogP contribution in [0.2, 0.25) is 0 Å². The van der Waals surface area contributed by atoms with E-state index in [1.807, 2.05) is 25.1 Å². The van der Waals surface area contributed by atoms with Crippen LogP contribution in [0, 0.1) is 6.92 Å². The average Bonchev–Trinajstić information content (AvgIpc) is 2.65. The lowest BCUT2D eigenvalue weighted by Crippen LogP contribution is -2.18. The van der Waals surface area contributed by atoms with E-state index < -0.39 is 0 Å².